The minimum atomic E-state index is -1.13. The normalized spacial score (nSPS) is 21.1. The van der Waals surface area contributed by atoms with Gasteiger partial charge >= 0.3 is 0 Å². The Kier molecular flexibility index (Phi) is 13.5. The average molecular weight is 850 g/mol. The summed E-state index contributed by atoms with van der Waals surface area (Å²) in [4.78, 5) is 63.3. The van der Waals surface area contributed by atoms with E-state index in [1.807, 2.05) is 5.38 Å². The van der Waals surface area contributed by atoms with Gasteiger partial charge in [-0.3, -0.25) is 19.7 Å². The molecule has 0 aromatic carbocycles. The van der Waals surface area contributed by atoms with Crippen molar-refractivity contribution in [1.82, 2.24) is 30.2 Å². The Balaban J connectivity index is 0.661. The van der Waals surface area contributed by atoms with E-state index in [-0.39, 0.29) is 36.3 Å². The van der Waals surface area contributed by atoms with Crippen LogP contribution in [-0.2, 0) is 45.1 Å². The molecule has 4 aliphatic heterocycles. The first-order chi connectivity index (χ1) is 28.8. The molecule has 3 amide bonds. The number of unbranched alkanes of at least 4 members (excludes halogenated alkanes) is 7. The standard InChI is InChI=1S/C41H55N9O7S2/c51-27-41(13-9-14-41)47-36-35-31(12-21-59(35)55)44-40(46-36)49-17-15-48(16-18-49)39-42-22-28(23-43-39)57-20-8-6-4-2-1-3-5-7-19-56-25-33-29-24-50(38(54)30(29)26-58-33)32-10-11-34(52)45-37(32)53/h22-23,26,32,51H,1-21,24-25,27H2,(H,44,46,47)(H,45,52,53)/t32?,59-/m1/s1. The van der Waals surface area contributed by atoms with Crippen molar-refractivity contribution in [1.29, 1.82) is 0 Å². The number of carbonyl (C=O) groups is 3. The SMILES string of the molecule is O=C1CCC(N2Cc3c(csc3COCCCCCCCCCCOc3cnc(N4CCN(c5nc6c(c(NC7(CO)CCC7)n5)[S@+]([O-])CC6)CC4)nc3)C2=O)C(=O)N1. The molecule has 7 heterocycles. The number of amides is 3. The van der Waals surface area contributed by atoms with E-state index < -0.39 is 17.2 Å². The number of anilines is 3. The maximum atomic E-state index is 12.9. The molecule has 0 spiro atoms. The Morgan fingerprint density at radius 1 is 0.932 bits per heavy atom. The smallest absolute Gasteiger partial charge is 0.256 e. The van der Waals surface area contributed by atoms with Crippen LogP contribution in [0, 0.1) is 0 Å². The topological polar surface area (TPSA) is 198 Å². The molecule has 3 fully saturated rings. The predicted molar refractivity (Wildman–Crippen MR) is 223 cm³/mol. The van der Waals surface area contributed by atoms with Crippen LogP contribution in [0.15, 0.2) is 22.7 Å². The van der Waals surface area contributed by atoms with Gasteiger partial charge in [-0.2, -0.15) is 4.98 Å². The second-order valence-corrected chi connectivity index (χ2v) is 18.7. The molecule has 3 N–H and O–H groups in total. The molecule has 3 aromatic heterocycles. The van der Waals surface area contributed by atoms with E-state index in [0.717, 1.165) is 74.2 Å². The Bertz CT molecular complexity index is 1950. The molecule has 8 rings (SSSR count). The molecule has 3 aromatic rings. The first-order valence-electron chi connectivity index (χ1n) is 21.3. The third-order valence-corrected chi connectivity index (χ3v) is 14.7. The lowest BCUT2D eigenvalue weighted by atomic mass is 9.77. The molecule has 5 aliphatic rings. The van der Waals surface area contributed by atoms with Crippen LogP contribution < -0.4 is 25.2 Å². The monoisotopic (exact) mass is 849 g/mol. The number of hydrogen-bond acceptors (Lipinski definition) is 15. The first-order valence-corrected chi connectivity index (χ1v) is 23.5. The van der Waals surface area contributed by atoms with Crippen LogP contribution in [0.1, 0.15) is 110 Å². The van der Waals surface area contributed by atoms with Crippen molar-refractivity contribution in [3.63, 3.8) is 0 Å². The second-order valence-electron chi connectivity index (χ2n) is 16.2. The maximum Gasteiger partial charge on any atom is 0.256 e. The summed E-state index contributed by atoms with van der Waals surface area (Å²) < 4.78 is 24.7. The summed E-state index contributed by atoms with van der Waals surface area (Å²) in [6.45, 7) is 5.08. The van der Waals surface area contributed by atoms with E-state index in [2.05, 4.69) is 30.4 Å². The Morgan fingerprint density at radius 3 is 2.31 bits per heavy atom. The molecular formula is C41H55N9O7S2. The zero-order valence-electron chi connectivity index (χ0n) is 33.6. The molecule has 59 heavy (non-hydrogen) atoms. The number of aromatic nitrogens is 4. The predicted octanol–water partition coefficient (Wildman–Crippen LogP) is 4.12. The van der Waals surface area contributed by atoms with Crippen molar-refractivity contribution in [3.8, 4) is 5.75 Å². The number of aliphatic hydroxyl groups excluding tert-OH is 1. The lowest BCUT2D eigenvalue weighted by Gasteiger charge is -2.41. The summed E-state index contributed by atoms with van der Waals surface area (Å²) in [5.41, 5.74) is 2.08. The molecule has 1 aliphatic carbocycles. The third-order valence-electron chi connectivity index (χ3n) is 12.2. The van der Waals surface area contributed by atoms with Crippen LogP contribution in [-0.4, -0.2) is 116 Å². The van der Waals surface area contributed by atoms with Gasteiger partial charge in [0.25, 0.3) is 5.91 Å². The van der Waals surface area contributed by atoms with Crippen LogP contribution in [0.4, 0.5) is 17.7 Å². The van der Waals surface area contributed by atoms with Crippen molar-refractivity contribution in [3.05, 3.63) is 39.5 Å². The van der Waals surface area contributed by atoms with Crippen molar-refractivity contribution in [2.24, 2.45) is 0 Å². The van der Waals surface area contributed by atoms with E-state index >= 15 is 0 Å². The molecule has 318 valence electrons. The lowest BCUT2D eigenvalue weighted by Crippen LogP contribution is -2.52. The molecule has 0 bridgehead atoms. The highest BCUT2D eigenvalue weighted by Gasteiger charge is 2.42. The first kappa shape index (κ1) is 41.6. The number of fused-ring (bicyclic) bond motifs is 2. The highest BCUT2D eigenvalue weighted by atomic mass is 32.2. The van der Waals surface area contributed by atoms with Crippen LogP contribution in [0.5, 0.6) is 5.75 Å². The van der Waals surface area contributed by atoms with Crippen molar-refractivity contribution < 1.29 is 33.5 Å². The molecule has 1 unspecified atom stereocenters. The summed E-state index contributed by atoms with van der Waals surface area (Å²) in [6.07, 6.45) is 16.6. The minimum absolute atomic E-state index is 0.0313. The Hall–Kier alpha value is -4.10. The Labute approximate surface area is 352 Å². The van der Waals surface area contributed by atoms with Crippen molar-refractivity contribution in [2.45, 2.75) is 120 Å². The molecule has 0 radical (unpaired) electrons. The van der Waals surface area contributed by atoms with Gasteiger partial charge in [-0.05, 0) is 49.7 Å². The number of thiophene rings is 1. The zero-order valence-corrected chi connectivity index (χ0v) is 35.3. The molecule has 1 saturated carbocycles. The van der Waals surface area contributed by atoms with Crippen molar-refractivity contribution >= 4 is 57.9 Å². The van der Waals surface area contributed by atoms with Gasteiger partial charge in [0.2, 0.25) is 28.6 Å². The van der Waals surface area contributed by atoms with Crippen LogP contribution in [0.2, 0.25) is 0 Å². The average Bonchev–Trinajstić information content (AvgIpc) is 3.92. The fraction of sp³-hybridized carbons (Fsp3) is 0.634. The molecule has 18 heteroatoms. The van der Waals surface area contributed by atoms with Crippen LogP contribution >= 0.6 is 11.3 Å². The fourth-order valence-corrected chi connectivity index (χ4v) is 10.8. The maximum absolute atomic E-state index is 12.9. The van der Waals surface area contributed by atoms with Gasteiger partial charge in [-0.25, -0.2) is 15.0 Å². The zero-order chi connectivity index (χ0) is 40.8. The van der Waals surface area contributed by atoms with Gasteiger partial charge in [0.1, 0.15) is 17.5 Å². The number of ether oxygens (including phenoxy) is 2. The molecule has 2 atom stereocenters. The number of piperidine rings is 1. The minimum Gasteiger partial charge on any atom is -0.611 e. The number of imide groups is 1. The number of carbonyl (C=O) groups excluding carboxylic acids is 3. The summed E-state index contributed by atoms with van der Waals surface area (Å²) in [5.74, 6) is 2.37. The van der Waals surface area contributed by atoms with E-state index in [1.165, 1.54) is 37.0 Å². The number of aliphatic hydroxyl groups is 1. The summed E-state index contributed by atoms with van der Waals surface area (Å²) in [6, 6.07) is -0.591. The highest BCUT2D eigenvalue weighted by Crippen LogP contribution is 2.39. The number of piperazine rings is 1. The summed E-state index contributed by atoms with van der Waals surface area (Å²) >= 11 is 0.412. The van der Waals surface area contributed by atoms with Crippen molar-refractivity contribution in [2.75, 3.05) is 66.9 Å². The Morgan fingerprint density at radius 2 is 1.63 bits per heavy atom. The third kappa shape index (κ3) is 9.61. The van der Waals surface area contributed by atoms with E-state index in [4.69, 9.17) is 19.4 Å². The highest BCUT2D eigenvalue weighted by molar-refractivity contribution is 7.91. The number of hydrogen-bond donors (Lipinski definition) is 3. The lowest BCUT2D eigenvalue weighted by molar-refractivity contribution is -0.136. The number of nitrogens with one attached hydrogen (secondary N) is 2. The van der Waals surface area contributed by atoms with Gasteiger partial charge in [0.05, 0.1) is 43.3 Å². The quantitative estimate of drug-likeness (QED) is 0.0834. The number of nitrogens with zero attached hydrogens (tertiary/aromatic N) is 7. The van der Waals surface area contributed by atoms with E-state index in [0.29, 0.717) is 92.0 Å². The van der Waals surface area contributed by atoms with Gasteiger partial charge in [0.15, 0.2) is 11.6 Å². The largest absolute Gasteiger partial charge is 0.611 e. The van der Waals surface area contributed by atoms with Gasteiger partial charge in [0, 0.05) is 68.0 Å². The van der Waals surface area contributed by atoms with Crippen LogP contribution in [0.3, 0.4) is 0 Å². The summed E-state index contributed by atoms with van der Waals surface area (Å²) in [7, 11) is 0. The fourth-order valence-electron chi connectivity index (χ4n) is 8.49. The number of rotatable bonds is 20. The molecular weight excluding hydrogens is 795 g/mol. The van der Waals surface area contributed by atoms with Gasteiger partial charge < -0.3 is 39.1 Å². The van der Waals surface area contributed by atoms with Crippen LogP contribution in [0.25, 0.3) is 0 Å². The molecule has 16 nitrogen and oxygen atoms in total. The summed E-state index contributed by atoms with van der Waals surface area (Å²) in [5, 5.41) is 17.7. The van der Waals surface area contributed by atoms with E-state index in [9.17, 15) is 24.0 Å². The second kappa shape index (κ2) is 19.1. The van der Waals surface area contributed by atoms with Gasteiger partial charge in [-0.15, -0.1) is 11.3 Å². The van der Waals surface area contributed by atoms with Gasteiger partial charge in [-0.1, -0.05) is 38.5 Å². The molecule has 2 saturated heterocycles. The van der Waals surface area contributed by atoms with E-state index in [1.54, 1.807) is 17.3 Å². The number of aryl methyl sites for hydroxylation is 1.